The smallest absolute Gasteiger partial charge is 0.222 e. The molecule has 0 unspecified atom stereocenters. The lowest BCUT2D eigenvalue weighted by Gasteiger charge is -2.38. The van der Waals surface area contributed by atoms with Crippen LogP contribution < -0.4 is 0 Å². The summed E-state index contributed by atoms with van der Waals surface area (Å²) in [5.74, 6) is 0.260. The first kappa shape index (κ1) is 17.1. The van der Waals surface area contributed by atoms with Gasteiger partial charge in [-0.25, -0.2) is 4.98 Å². The maximum Gasteiger partial charge on any atom is 0.222 e. The number of carbonyl (C=O) groups excluding carboxylic acids is 1. The Bertz CT molecular complexity index is 725. The molecule has 0 aromatic carbocycles. The summed E-state index contributed by atoms with van der Waals surface area (Å²) in [5, 5.41) is 5.47. The molecule has 1 aliphatic heterocycles. The molecule has 2 aromatic heterocycles. The van der Waals surface area contributed by atoms with Gasteiger partial charge in [-0.3, -0.25) is 9.48 Å². The number of rotatable bonds is 4. The molecule has 1 saturated heterocycles. The van der Waals surface area contributed by atoms with Gasteiger partial charge in [-0.15, -0.1) is 11.3 Å². The largest absolute Gasteiger partial charge is 0.343 e. The monoisotopic (exact) mass is 346 g/mol. The van der Waals surface area contributed by atoms with Gasteiger partial charge >= 0.3 is 0 Å². The van der Waals surface area contributed by atoms with Crippen molar-refractivity contribution in [1.29, 1.82) is 0 Å². The molecule has 0 radical (unpaired) electrons. The molecule has 0 saturated carbocycles. The number of aryl methyl sites for hydroxylation is 3. The van der Waals surface area contributed by atoms with Crippen molar-refractivity contribution in [1.82, 2.24) is 19.7 Å². The highest BCUT2D eigenvalue weighted by Crippen LogP contribution is 2.37. The normalized spacial score (nSPS) is 17.2. The van der Waals surface area contributed by atoms with Crippen molar-refractivity contribution in [3.8, 4) is 0 Å². The lowest BCUT2D eigenvalue weighted by Crippen LogP contribution is -2.44. The average molecular weight is 347 g/mol. The Hall–Kier alpha value is -1.69. The van der Waals surface area contributed by atoms with Crippen molar-refractivity contribution in [2.24, 2.45) is 7.05 Å². The Labute approximate surface area is 147 Å². The van der Waals surface area contributed by atoms with Crippen LogP contribution >= 0.6 is 11.3 Å². The first-order chi connectivity index (χ1) is 11.4. The van der Waals surface area contributed by atoms with E-state index in [1.165, 1.54) is 15.4 Å². The second kappa shape index (κ2) is 6.67. The highest BCUT2D eigenvalue weighted by Gasteiger charge is 2.35. The number of aromatic nitrogens is 3. The average Bonchev–Trinajstić information content (AvgIpc) is 3.14. The molecule has 0 N–H and O–H groups in total. The van der Waals surface area contributed by atoms with E-state index in [1.54, 1.807) is 11.3 Å². The quantitative estimate of drug-likeness (QED) is 0.855. The van der Waals surface area contributed by atoms with Crippen LogP contribution in [0.1, 0.15) is 47.3 Å². The Balaban J connectivity index is 1.54. The fraction of sp³-hybridized carbons (Fsp3) is 0.611. The van der Waals surface area contributed by atoms with E-state index in [9.17, 15) is 4.79 Å². The van der Waals surface area contributed by atoms with Gasteiger partial charge in [0.05, 0.1) is 11.2 Å². The summed E-state index contributed by atoms with van der Waals surface area (Å²) in [7, 11) is 1.94. The van der Waals surface area contributed by atoms with Gasteiger partial charge in [0.25, 0.3) is 0 Å². The molecule has 0 spiro atoms. The van der Waals surface area contributed by atoms with Crippen molar-refractivity contribution in [3.63, 3.8) is 0 Å². The SMILES string of the molecule is Cc1cnc(C2(C)CCN(C(=O)CCc3cnn(C)c3C)CC2)s1. The summed E-state index contributed by atoms with van der Waals surface area (Å²) in [6.07, 6.45) is 7.17. The van der Waals surface area contributed by atoms with Crippen LogP contribution in [0.4, 0.5) is 0 Å². The molecule has 6 heteroatoms. The van der Waals surface area contributed by atoms with Crippen molar-refractivity contribution in [2.45, 2.75) is 51.9 Å². The zero-order chi connectivity index (χ0) is 17.3. The number of likely N-dealkylation sites (tertiary alicyclic amines) is 1. The first-order valence-electron chi connectivity index (χ1n) is 8.57. The Morgan fingerprint density at radius 3 is 2.54 bits per heavy atom. The van der Waals surface area contributed by atoms with E-state index < -0.39 is 0 Å². The van der Waals surface area contributed by atoms with Crippen LogP contribution in [0.5, 0.6) is 0 Å². The molecular weight excluding hydrogens is 320 g/mol. The molecule has 130 valence electrons. The van der Waals surface area contributed by atoms with Crippen LogP contribution in [0.3, 0.4) is 0 Å². The molecule has 3 rings (SSSR count). The summed E-state index contributed by atoms with van der Waals surface area (Å²) in [6, 6.07) is 0. The maximum absolute atomic E-state index is 12.5. The highest BCUT2D eigenvalue weighted by molar-refractivity contribution is 7.11. The van der Waals surface area contributed by atoms with E-state index >= 15 is 0 Å². The zero-order valence-electron chi connectivity index (χ0n) is 15.0. The summed E-state index contributed by atoms with van der Waals surface area (Å²) >= 11 is 1.79. The second-order valence-corrected chi connectivity index (χ2v) is 8.33. The second-order valence-electron chi connectivity index (χ2n) is 7.10. The standard InChI is InChI=1S/C18H26N4OS/c1-13-11-19-17(24-13)18(3)7-9-22(10-8-18)16(23)6-5-15-12-20-21(4)14(15)2/h11-12H,5-10H2,1-4H3. The van der Waals surface area contributed by atoms with Crippen molar-refractivity contribution < 1.29 is 4.79 Å². The number of carbonyl (C=O) groups is 1. The molecule has 1 aliphatic rings. The topological polar surface area (TPSA) is 51.0 Å². The van der Waals surface area contributed by atoms with Crippen LogP contribution in [0.25, 0.3) is 0 Å². The van der Waals surface area contributed by atoms with Gasteiger partial charge in [-0.2, -0.15) is 5.10 Å². The summed E-state index contributed by atoms with van der Waals surface area (Å²) < 4.78 is 1.86. The van der Waals surface area contributed by atoms with Gasteiger partial charge in [0.15, 0.2) is 0 Å². The zero-order valence-corrected chi connectivity index (χ0v) is 15.8. The summed E-state index contributed by atoms with van der Waals surface area (Å²) in [5.41, 5.74) is 2.44. The fourth-order valence-electron chi connectivity index (χ4n) is 3.29. The molecule has 1 fully saturated rings. The number of amides is 1. The lowest BCUT2D eigenvalue weighted by molar-refractivity contribution is -0.132. The van der Waals surface area contributed by atoms with Crippen molar-refractivity contribution in [3.05, 3.63) is 33.5 Å². The number of hydrogen-bond acceptors (Lipinski definition) is 4. The maximum atomic E-state index is 12.5. The van der Waals surface area contributed by atoms with Crippen LogP contribution in [-0.2, 0) is 23.7 Å². The van der Waals surface area contributed by atoms with Crippen molar-refractivity contribution in [2.75, 3.05) is 13.1 Å². The van der Waals surface area contributed by atoms with Gasteiger partial charge in [0.2, 0.25) is 5.91 Å². The highest BCUT2D eigenvalue weighted by atomic mass is 32.1. The molecule has 1 amide bonds. The van der Waals surface area contributed by atoms with Crippen LogP contribution in [0.2, 0.25) is 0 Å². The molecule has 0 bridgehead atoms. The number of piperidine rings is 1. The van der Waals surface area contributed by atoms with Gasteiger partial charge in [0.1, 0.15) is 0 Å². The van der Waals surface area contributed by atoms with E-state index in [0.29, 0.717) is 6.42 Å². The Morgan fingerprint density at radius 1 is 1.29 bits per heavy atom. The van der Waals surface area contributed by atoms with Crippen LogP contribution in [0, 0.1) is 13.8 Å². The van der Waals surface area contributed by atoms with Gasteiger partial charge in [-0.1, -0.05) is 6.92 Å². The Kier molecular flexibility index (Phi) is 4.76. The third kappa shape index (κ3) is 3.38. The van der Waals surface area contributed by atoms with Crippen LogP contribution in [0.15, 0.2) is 12.4 Å². The minimum Gasteiger partial charge on any atom is -0.343 e. The molecule has 24 heavy (non-hydrogen) atoms. The van der Waals surface area contributed by atoms with Gasteiger partial charge < -0.3 is 4.90 Å². The predicted octanol–water partition coefficient (Wildman–Crippen LogP) is 3.01. The summed E-state index contributed by atoms with van der Waals surface area (Å²) in [6.45, 7) is 8.10. The first-order valence-corrected chi connectivity index (χ1v) is 9.39. The minimum absolute atomic E-state index is 0.121. The third-order valence-electron chi connectivity index (χ3n) is 5.30. The molecule has 0 atom stereocenters. The van der Waals surface area contributed by atoms with E-state index in [0.717, 1.165) is 38.0 Å². The predicted molar refractivity (Wildman–Crippen MR) is 96.3 cm³/mol. The molecule has 3 heterocycles. The van der Waals surface area contributed by atoms with Gasteiger partial charge in [-0.05, 0) is 38.7 Å². The minimum atomic E-state index is 0.121. The van der Waals surface area contributed by atoms with E-state index in [4.69, 9.17) is 0 Å². The third-order valence-corrected chi connectivity index (χ3v) is 6.52. The number of nitrogens with zero attached hydrogens (tertiary/aromatic N) is 4. The van der Waals surface area contributed by atoms with Crippen molar-refractivity contribution >= 4 is 17.2 Å². The molecule has 5 nitrogen and oxygen atoms in total. The van der Waals surface area contributed by atoms with Crippen LogP contribution in [-0.4, -0.2) is 38.7 Å². The molecular formula is C18H26N4OS. The van der Waals surface area contributed by atoms with E-state index in [2.05, 4.69) is 30.9 Å². The number of hydrogen-bond donors (Lipinski definition) is 0. The summed E-state index contributed by atoms with van der Waals surface area (Å²) in [4.78, 5) is 20.4. The van der Waals surface area contributed by atoms with E-state index in [-0.39, 0.29) is 11.3 Å². The van der Waals surface area contributed by atoms with E-state index in [1.807, 2.05) is 29.0 Å². The molecule has 0 aliphatic carbocycles. The fourth-order valence-corrected chi connectivity index (χ4v) is 4.25. The van der Waals surface area contributed by atoms with Gasteiger partial charge in [0, 0.05) is 48.7 Å². The number of thiazole rings is 1. The lowest BCUT2D eigenvalue weighted by atomic mass is 9.81. The molecule has 2 aromatic rings. The Morgan fingerprint density at radius 2 is 2.00 bits per heavy atom.